The topological polar surface area (TPSA) is 75.3 Å². The number of nitrogens with two attached hydrogens (primary N) is 1. The van der Waals surface area contributed by atoms with Crippen molar-refractivity contribution < 1.29 is 13.2 Å². The summed E-state index contributed by atoms with van der Waals surface area (Å²) >= 11 is 0. The standard InChI is InChI=1S/C18H22F3N5.HI/c1-12(2)13-5-3-6-14(11-13)26-17(22)25-10-9-24-16-15(18(19,20)21)7-4-8-23-16;/h3-8,11-12H,9-10H2,1-2H3,(H,23,24)(H3,22,25,26);1H. The number of alkyl halides is 3. The van der Waals surface area contributed by atoms with Crippen LogP contribution in [0, 0.1) is 0 Å². The van der Waals surface area contributed by atoms with Gasteiger partial charge in [-0.05, 0) is 35.7 Å². The minimum absolute atomic E-state index is 0. The van der Waals surface area contributed by atoms with E-state index < -0.39 is 11.7 Å². The summed E-state index contributed by atoms with van der Waals surface area (Å²) in [5, 5.41) is 5.62. The van der Waals surface area contributed by atoms with E-state index in [0.29, 0.717) is 5.92 Å². The summed E-state index contributed by atoms with van der Waals surface area (Å²) in [7, 11) is 0. The average molecular weight is 493 g/mol. The SMILES string of the molecule is CC(C)c1cccc(NC(N)=NCCNc2ncccc2C(F)(F)F)c1.I. The Morgan fingerprint density at radius 3 is 2.63 bits per heavy atom. The molecule has 0 amide bonds. The van der Waals surface area contributed by atoms with Crippen molar-refractivity contribution in [3.05, 3.63) is 53.7 Å². The van der Waals surface area contributed by atoms with E-state index in [-0.39, 0.29) is 48.8 Å². The molecule has 148 valence electrons. The van der Waals surface area contributed by atoms with Gasteiger partial charge in [-0.3, -0.25) is 4.99 Å². The lowest BCUT2D eigenvalue weighted by Crippen LogP contribution is -2.24. The highest BCUT2D eigenvalue weighted by molar-refractivity contribution is 14.0. The number of guanidine groups is 1. The van der Waals surface area contributed by atoms with E-state index in [1.807, 2.05) is 24.3 Å². The molecular formula is C18H23F3IN5. The molecule has 0 aliphatic carbocycles. The van der Waals surface area contributed by atoms with Crippen LogP contribution >= 0.6 is 24.0 Å². The zero-order valence-corrected chi connectivity index (χ0v) is 17.4. The van der Waals surface area contributed by atoms with Crippen molar-refractivity contribution in [3.63, 3.8) is 0 Å². The van der Waals surface area contributed by atoms with E-state index in [1.54, 1.807) is 0 Å². The molecule has 0 unspecified atom stereocenters. The van der Waals surface area contributed by atoms with Gasteiger partial charge in [0, 0.05) is 18.4 Å². The van der Waals surface area contributed by atoms with Gasteiger partial charge in [-0.15, -0.1) is 24.0 Å². The van der Waals surface area contributed by atoms with Gasteiger partial charge < -0.3 is 16.4 Å². The lowest BCUT2D eigenvalue weighted by molar-refractivity contribution is -0.137. The summed E-state index contributed by atoms with van der Waals surface area (Å²) < 4.78 is 38.6. The van der Waals surface area contributed by atoms with Crippen LogP contribution in [-0.2, 0) is 6.18 Å². The van der Waals surface area contributed by atoms with Gasteiger partial charge in [0.2, 0.25) is 0 Å². The third-order valence-electron chi connectivity index (χ3n) is 3.63. The van der Waals surface area contributed by atoms with E-state index in [4.69, 9.17) is 5.73 Å². The van der Waals surface area contributed by atoms with E-state index in [1.165, 1.54) is 17.8 Å². The third kappa shape index (κ3) is 7.24. The molecule has 2 rings (SSSR count). The van der Waals surface area contributed by atoms with Crippen LogP contribution in [0.4, 0.5) is 24.7 Å². The summed E-state index contributed by atoms with van der Waals surface area (Å²) in [6.07, 6.45) is -3.15. The fourth-order valence-electron chi connectivity index (χ4n) is 2.29. The number of anilines is 2. The molecule has 27 heavy (non-hydrogen) atoms. The molecule has 4 N–H and O–H groups in total. The largest absolute Gasteiger partial charge is 0.419 e. The lowest BCUT2D eigenvalue weighted by Gasteiger charge is -2.12. The Labute approximate surface area is 173 Å². The second-order valence-electron chi connectivity index (χ2n) is 6.00. The quantitative estimate of drug-likeness (QED) is 0.237. The first-order chi connectivity index (χ1) is 12.3. The van der Waals surface area contributed by atoms with E-state index >= 15 is 0 Å². The Balaban J connectivity index is 0.00000364. The molecule has 1 aromatic heterocycles. The highest BCUT2D eigenvalue weighted by atomic mass is 127. The molecular weight excluding hydrogens is 470 g/mol. The van der Waals surface area contributed by atoms with Crippen LogP contribution < -0.4 is 16.4 Å². The van der Waals surface area contributed by atoms with Gasteiger partial charge >= 0.3 is 6.18 Å². The van der Waals surface area contributed by atoms with Crippen molar-refractivity contribution in [1.29, 1.82) is 0 Å². The average Bonchev–Trinajstić information content (AvgIpc) is 2.58. The molecule has 0 saturated heterocycles. The van der Waals surface area contributed by atoms with Crippen LogP contribution in [0.15, 0.2) is 47.6 Å². The molecule has 1 aromatic carbocycles. The minimum atomic E-state index is -4.46. The highest BCUT2D eigenvalue weighted by Crippen LogP contribution is 2.33. The van der Waals surface area contributed by atoms with Crippen LogP contribution in [0.25, 0.3) is 0 Å². The zero-order chi connectivity index (χ0) is 19.2. The molecule has 2 aromatic rings. The number of halogens is 4. The van der Waals surface area contributed by atoms with Crippen molar-refractivity contribution in [1.82, 2.24) is 4.98 Å². The normalized spacial score (nSPS) is 11.9. The first kappa shape index (κ1) is 23.0. The van der Waals surface area contributed by atoms with Gasteiger partial charge in [0.25, 0.3) is 0 Å². The van der Waals surface area contributed by atoms with Gasteiger partial charge in [0.05, 0.1) is 12.1 Å². The Morgan fingerprint density at radius 1 is 1.22 bits per heavy atom. The molecule has 0 atom stereocenters. The number of hydrogen-bond donors (Lipinski definition) is 3. The molecule has 0 saturated carbocycles. The molecule has 1 heterocycles. The summed E-state index contributed by atoms with van der Waals surface area (Å²) in [4.78, 5) is 7.84. The highest BCUT2D eigenvalue weighted by Gasteiger charge is 2.33. The Morgan fingerprint density at radius 2 is 1.96 bits per heavy atom. The minimum Gasteiger partial charge on any atom is -0.370 e. The summed E-state index contributed by atoms with van der Waals surface area (Å²) in [6, 6.07) is 10.0. The molecule has 0 aliphatic heterocycles. The molecule has 0 fully saturated rings. The van der Waals surface area contributed by atoms with Crippen LogP contribution in [0.5, 0.6) is 0 Å². The van der Waals surface area contributed by atoms with Gasteiger partial charge in [0.15, 0.2) is 5.96 Å². The van der Waals surface area contributed by atoms with Crippen molar-refractivity contribution in [3.8, 4) is 0 Å². The number of nitrogens with zero attached hydrogens (tertiary/aromatic N) is 2. The molecule has 9 heteroatoms. The lowest BCUT2D eigenvalue weighted by atomic mass is 10.0. The number of rotatable bonds is 6. The summed E-state index contributed by atoms with van der Waals surface area (Å²) in [5.74, 6) is 0.372. The molecule has 0 radical (unpaired) electrons. The summed E-state index contributed by atoms with van der Waals surface area (Å²) in [5.41, 5.74) is 7.00. The second kappa shape index (κ2) is 10.3. The van der Waals surface area contributed by atoms with Crippen molar-refractivity contribution >= 4 is 41.4 Å². The van der Waals surface area contributed by atoms with E-state index in [2.05, 4.69) is 34.5 Å². The Hall–Kier alpha value is -2.04. The van der Waals surface area contributed by atoms with Crippen molar-refractivity contribution in [2.45, 2.75) is 25.9 Å². The Bertz CT molecular complexity index is 763. The number of benzene rings is 1. The zero-order valence-electron chi connectivity index (χ0n) is 15.0. The van der Waals surface area contributed by atoms with Crippen LogP contribution in [0.3, 0.4) is 0 Å². The number of nitrogens with one attached hydrogen (secondary N) is 2. The third-order valence-corrected chi connectivity index (χ3v) is 3.63. The molecule has 0 spiro atoms. The van der Waals surface area contributed by atoms with Crippen LogP contribution in [-0.4, -0.2) is 24.0 Å². The number of pyridine rings is 1. The van der Waals surface area contributed by atoms with Crippen LogP contribution in [0.2, 0.25) is 0 Å². The number of aromatic nitrogens is 1. The molecule has 0 bridgehead atoms. The fraction of sp³-hybridized carbons (Fsp3) is 0.333. The Kier molecular flexibility index (Phi) is 8.80. The maximum atomic E-state index is 12.9. The maximum Gasteiger partial charge on any atom is 0.419 e. The number of aliphatic imine (C=N–C) groups is 1. The van der Waals surface area contributed by atoms with E-state index in [0.717, 1.165) is 11.8 Å². The molecule has 0 aliphatic rings. The first-order valence-corrected chi connectivity index (χ1v) is 8.20. The second-order valence-corrected chi connectivity index (χ2v) is 6.00. The van der Waals surface area contributed by atoms with Gasteiger partial charge in [-0.25, -0.2) is 4.98 Å². The fourth-order valence-corrected chi connectivity index (χ4v) is 2.29. The predicted molar refractivity (Wildman–Crippen MR) is 114 cm³/mol. The first-order valence-electron chi connectivity index (χ1n) is 8.20. The van der Waals surface area contributed by atoms with Crippen molar-refractivity contribution in [2.24, 2.45) is 10.7 Å². The smallest absolute Gasteiger partial charge is 0.370 e. The number of hydrogen-bond acceptors (Lipinski definition) is 3. The van der Waals surface area contributed by atoms with Gasteiger partial charge in [0.1, 0.15) is 5.82 Å². The maximum absolute atomic E-state index is 12.9. The van der Waals surface area contributed by atoms with Gasteiger partial charge in [-0.1, -0.05) is 26.0 Å². The van der Waals surface area contributed by atoms with E-state index in [9.17, 15) is 13.2 Å². The molecule has 5 nitrogen and oxygen atoms in total. The monoisotopic (exact) mass is 493 g/mol. The van der Waals surface area contributed by atoms with Gasteiger partial charge in [-0.2, -0.15) is 13.2 Å². The van der Waals surface area contributed by atoms with Crippen LogP contribution in [0.1, 0.15) is 30.9 Å². The van der Waals surface area contributed by atoms with Crippen molar-refractivity contribution in [2.75, 3.05) is 23.7 Å². The summed E-state index contributed by atoms with van der Waals surface area (Å²) in [6.45, 7) is 4.56. The predicted octanol–water partition coefficient (Wildman–Crippen LogP) is 4.68.